The van der Waals surface area contributed by atoms with Crippen molar-refractivity contribution in [3.05, 3.63) is 35.0 Å². The Labute approximate surface area is 95.5 Å². The van der Waals surface area contributed by atoms with Crippen LogP contribution in [0, 0.1) is 13.8 Å². The van der Waals surface area contributed by atoms with E-state index in [4.69, 9.17) is 5.73 Å². The molecule has 1 aromatic heterocycles. The van der Waals surface area contributed by atoms with E-state index in [1.165, 1.54) is 11.1 Å². The Kier molecular flexibility index (Phi) is 2.74. The van der Waals surface area contributed by atoms with E-state index in [-0.39, 0.29) is 12.6 Å². The number of aliphatic hydroxyl groups is 1. The van der Waals surface area contributed by atoms with Crippen LogP contribution >= 0.6 is 0 Å². The molecule has 86 valence electrons. The first-order chi connectivity index (χ1) is 7.56. The molecular formula is C13H18N2O. The third kappa shape index (κ3) is 1.52. The molecule has 0 aliphatic rings. The summed E-state index contributed by atoms with van der Waals surface area (Å²) in [7, 11) is 2.03. The summed E-state index contributed by atoms with van der Waals surface area (Å²) in [6.07, 6.45) is 0. The maximum atomic E-state index is 9.20. The lowest BCUT2D eigenvalue weighted by molar-refractivity contribution is 0.268. The molecule has 0 aliphatic carbocycles. The van der Waals surface area contributed by atoms with E-state index in [2.05, 4.69) is 29.7 Å². The number of nitrogens with two attached hydrogens (primary N) is 1. The molecule has 16 heavy (non-hydrogen) atoms. The molecule has 0 radical (unpaired) electrons. The third-order valence-corrected chi connectivity index (χ3v) is 3.27. The highest BCUT2D eigenvalue weighted by molar-refractivity contribution is 5.86. The molecule has 0 bridgehead atoms. The van der Waals surface area contributed by atoms with Gasteiger partial charge in [-0.15, -0.1) is 0 Å². The van der Waals surface area contributed by atoms with Crippen LogP contribution in [0.5, 0.6) is 0 Å². The molecule has 1 heterocycles. The Morgan fingerprint density at radius 3 is 2.69 bits per heavy atom. The van der Waals surface area contributed by atoms with Gasteiger partial charge in [0.05, 0.1) is 12.6 Å². The number of fused-ring (bicyclic) bond motifs is 1. The molecule has 0 aliphatic heterocycles. The Morgan fingerprint density at radius 2 is 2.06 bits per heavy atom. The Morgan fingerprint density at radius 1 is 1.38 bits per heavy atom. The van der Waals surface area contributed by atoms with Gasteiger partial charge in [0.15, 0.2) is 0 Å². The van der Waals surface area contributed by atoms with Crippen molar-refractivity contribution in [3.63, 3.8) is 0 Å². The summed E-state index contributed by atoms with van der Waals surface area (Å²) in [5, 5.41) is 10.3. The minimum absolute atomic E-state index is 0.0200. The molecule has 3 nitrogen and oxygen atoms in total. The largest absolute Gasteiger partial charge is 0.394 e. The van der Waals surface area contributed by atoms with Gasteiger partial charge in [-0.3, -0.25) is 0 Å². The van der Waals surface area contributed by atoms with E-state index in [1.807, 2.05) is 14.0 Å². The maximum absolute atomic E-state index is 9.20. The van der Waals surface area contributed by atoms with Gasteiger partial charge in [-0.2, -0.15) is 0 Å². The summed E-state index contributed by atoms with van der Waals surface area (Å²) in [6, 6.07) is 6.01. The molecule has 0 spiro atoms. The van der Waals surface area contributed by atoms with Crippen LogP contribution in [0.3, 0.4) is 0 Å². The highest BCUT2D eigenvalue weighted by Gasteiger charge is 2.16. The molecule has 0 saturated heterocycles. The van der Waals surface area contributed by atoms with Crippen LogP contribution in [0.15, 0.2) is 18.2 Å². The number of nitrogens with zero attached hydrogens (tertiary/aromatic N) is 1. The summed E-state index contributed by atoms with van der Waals surface area (Å²) in [6.45, 7) is 4.10. The number of hydrogen-bond donors (Lipinski definition) is 2. The van der Waals surface area contributed by atoms with Crippen LogP contribution in [0.1, 0.15) is 22.9 Å². The summed E-state index contributed by atoms with van der Waals surface area (Å²) >= 11 is 0. The van der Waals surface area contributed by atoms with Gasteiger partial charge in [0.25, 0.3) is 0 Å². The lowest BCUT2D eigenvalue weighted by Crippen LogP contribution is -2.15. The number of aliphatic hydroxyl groups excluding tert-OH is 1. The van der Waals surface area contributed by atoms with Gasteiger partial charge in [0, 0.05) is 23.6 Å². The minimum Gasteiger partial charge on any atom is -0.394 e. The molecule has 1 aromatic carbocycles. The quantitative estimate of drug-likeness (QED) is 0.807. The van der Waals surface area contributed by atoms with Gasteiger partial charge < -0.3 is 15.4 Å². The van der Waals surface area contributed by atoms with Crippen molar-refractivity contribution in [1.82, 2.24) is 4.57 Å². The second kappa shape index (κ2) is 3.92. The Balaban J connectivity index is 2.79. The van der Waals surface area contributed by atoms with Gasteiger partial charge in [0.1, 0.15) is 0 Å². The number of rotatable bonds is 2. The van der Waals surface area contributed by atoms with E-state index in [0.29, 0.717) is 0 Å². The van der Waals surface area contributed by atoms with Crippen LogP contribution in [0.2, 0.25) is 0 Å². The zero-order valence-corrected chi connectivity index (χ0v) is 9.99. The van der Waals surface area contributed by atoms with E-state index in [1.54, 1.807) is 0 Å². The number of aromatic nitrogens is 1. The molecule has 0 unspecified atom stereocenters. The molecule has 2 rings (SSSR count). The Bertz CT molecular complexity index is 528. The van der Waals surface area contributed by atoms with Gasteiger partial charge >= 0.3 is 0 Å². The molecule has 1 atom stereocenters. The molecule has 3 N–H and O–H groups in total. The SMILES string of the molecule is Cc1ccc2c([C@@H](N)CO)c(C)n(C)c2c1. The van der Waals surface area contributed by atoms with Crippen molar-refractivity contribution in [2.24, 2.45) is 12.8 Å². The molecule has 2 aromatic rings. The van der Waals surface area contributed by atoms with Crippen LogP contribution in [-0.2, 0) is 7.05 Å². The van der Waals surface area contributed by atoms with Crippen molar-refractivity contribution in [1.29, 1.82) is 0 Å². The highest BCUT2D eigenvalue weighted by Crippen LogP contribution is 2.29. The molecular weight excluding hydrogens is 200 g/mol. The fourth-order valence-electron chi connectivity index (χ4n) is 2.26. The fourth-order valence-corrected chi connectivity index (χ4v) is 2.26. The first-order valence-corrected chi connectivity index (χ1v) is 5.48. The minimum atomic E-state index is -0.300. The van der Waals surface area contributed by atoms with Gasteiger partial charge in [-0.1, -0.05) is 12.1 Å². The maximum Gasteiger partial charge on any atom is 0.0625 e. The van der Waals surface area contributed by atoms with Crippen molar-refractivity contribution >= 4 is 10.9 Å². The van der Waals surface area contributed by atoms with Gasteiger partial charge in [-0.05, 0) is 31.0 Å². The van der Waals surface area contributed by atoms with Crippen molar-refractivity contribution in [2.45, 2.75) is 19.9 Å². The summed E-state index contributed by atoms with van der Waals surface area (Å²) in [4.78, 5) is 0. The molecule has 0 saturated carbocycles. The second-order valence-corrected chi connectivity index (χ2v) is 4.37. The zero-order valence-electron chi connectivity index (χ0n) is 9.99. The number of benzene rings is 1. The van der Waals surface area contributed by atoms with E-state index in [0.717, 1.165) is 16.6 Å². The summed E-state index contributed by atoms with van der Waals surface area (Å²) in [5.74, 6) is 0. The monoisotopic (exact) mass is 218 g/mol. The molecule has 0 amide bonds. The van der Waals surface area contributed by atoms with Crippen molar-refractivity contribution in [2.75, 3.05) is 6.61 Å². The summed E-state index contributed by atoms with van der Waals surface area (Å²) < 4.78 is 2.13. The predicted molar refractivity (Wildman–Crippen MR) is 66.4 cm³/mol. The van der Waals surface area contributed by atoms with Crippen LogP contribution in [-0.4, -0.2) is 16.3 Å². The van der Waals surface area contributed by atoms with E-state index in [9.17, 15) is 5.11 Å². The topological polar surface area (TPSA) is 51.2 Å². The van der Waals surface area contributed by atoms with E-state index >= 15 is 0 Å². The van der Waals surface area contributed by atoms with Crippen molar-refractivity contribution in [3.8, 4) is 0 Å². The standard InChI is InChI=1S/C13H18N2O/c1-8-4-5-10-12(6-8)15(3)9(2)13(10)11(14)7-16/h4-6,11,16H,7,14H2,1-3H3/t11-/m0/s1. The number of aryl methyl sites for hydroxylation is 2. The summed E-state index contributed by atoms with van der Waals surface area (Å²) in [5.41, 5.74) is 10.5. The van der Waals surface area contributed by atoms with Gasteiger partial charge in [0.2, 0.25) is 0 Å². The Hall–Kier alpha value is -1.32. The van der Waals surface area contributed by atoms with Crippen LogP contribution < -0.4 is 5.73 Å². The van der Waals surface area contributed by atoms with Crippen molar-refractivity contribution < 1.29 is 5.11 Å². The lowest BCUT2D eigenvalue weighted by atomic mass is 10.0. The first-order valence-electron chi connectivity index (χ1n) is 5.48. The lowest BCUT2D eigenvalue weighted by Gasteiger charge is -2.08. The third-order valence-electron chi connectivity index (χ3n) is 3.27. The second-order valence-electron chi connectivity index (χ2n) is 4.37. The highest BCUT2D eigenvalue weighted by atomic mass is 16.3. The zero-order chi connectivity index (χ0) is 11.9. The molecule has 0 fully saturated rings. The van der Waals surface area contributed by atoms with E-state index < -0.39 is 0 Å². The molecule has 3 heteroatoms. The van der Waals surface area contributed by atoms with Crippen LogP contribution in [0.25, 0.3) is 10.9 Å². The smallest absolute Gasteiger partial charge is 0.0625 e. The first kappa shape index (κ1) is 11.2. The average Bonchev–Trinajstić information content (AvgIpc) is 2.52. The predicted octanol–water partition coefficient (Wildman–Crippen LogP) is 1.79. The van der Waals surface area contributed by atoms with Gasteiger partial charge in [-0.25, -0.2) is 0 Å². The number of hydrogen-bond acceptors (Lipinski definition) is 2. The normalized spacial score (nSPS) is 13.3. The average molecular weight is 218 g/mol. The van der Waals surface area contributed by atoms with Crippen LogP contribution in [0.4, 0.5) is 0 Å². The fraction of sp³-hybridized carbons (Fsp3) is 0.385.